The minimum atomic E-state index is -0.647. The molecule has 1 unspecified atom stereocenters. The Kier molecular flexibility index (Phi) is 9.96. The van der Waals surface area contributed by atoms with E-state index >= 15 is 0 Å². The van der Waals surface area contributed by atoms with E-state index in [1.807, 2.05) is 53.4 Å². The lowest BCUT2D eigenvalue weighted by molar-refractivity contribution is 0.0589. The molecule has 0 fully saturated rings. The van der Waals surface area contributed by atoms with Crippen LogP contribution < -0.4 is 9.47 Å². The lowest BCUT2D eigenvalue weighted by Gasteiger charge is -2.24. The largest absolute Gasteiger partial charge is 0.497 e. The molecule has 0 aromatic heterocycles. The molecule has 0 bridgehead atoms. The third-order valence-corrected chi connectivity index (χ3v) is 3.62. The normalized spacial score (nSPS) is 11.7. The fourth-order valence-electron chi connectivity index (χ4n) is 2.45. The molecule has 2 rings (SSSR count). The number of rotatable bonds is 10. The van der Waals surface area contributed by atoms with Gasteiger partial charge in [-0.15, -0.1) is 12.4 Å². The summed E-state index contributed by atoms with van der Waals surface area (Å²) in [6.45, 7) is 1.85. The van der Waals surface area contributed by atoms with Crippen molar-refractivity contribution >= 4 is 12.4 Å². The van der Waals surface area contributed by atoms with Gasteiger partial charge in [-0.3, -0.25) is 4.90 Å². The Labute approximate surface area is 155 Å². The molecule has 0 saturated carbocycles. The highest BCUT2D eigenvalue weighted by atomic mass is 35.5. The number of methoxy groups -OCH3 is 1. The van der Waals surface area contributed by atoms with Crippen LogP contribution in [0.5, 0.6) is 11.5 Å². The van der Waals surface area contributed by atoms with Crippen LogP contribution in [-0.4, -0.2) is 54.6 Å². The number of hydrogen-bond donors (Lipinski definition) is 2. The molecular formula is C19H26ClNO4. The van der Waals surface area contributed by atoms with E-state index in [2.05, 4.69) is 0 Å². The molecule has 6 heteroatoms. The maximum absolute atomic E-state index is 10.2. The number of hydrogen-bond acceptors (Lipinski definition) is 5. The highest BCUT2D eigenvalue weighted by molar-refractivity contribution is 5.85. The Morgan fingerprint density at radius 2 is 1.76 bits per heavy atom. The lowest BCUT2D eigenvalue weighted by atomic mass is 10.2. The zero-order chi connectivity index (χ0) is 17.2. The van der Waals surface area contributed by atoms with Crippen molar-refractivity contribution in [3.8, 4) is 11.5 Å². The van der Waals surface area contributed by atoms with E-state index in [1.54, 1.807) is 13.2 Å². The van der Waals surface area contributed by atoms with Crippen LogP contribution in [0.2, 0.25) is 0 Å². The van der Waals surface area contributed by atoms with E-state index in [4.69, 9.17) is 9.47 Å². The summed E-state index contributed by atoms with van der Waals surface area (Å²) in [5, 5.41) is 19.5. The summed E-state index contributed by atoms with van der Waals surface area (Å²) in [5.74, 6) is 1.37. The molecule has 0 spiro atoms. The maximum atomic E-state index is 10.2. The molecule has 0 aliphatic rings. The fraction of sp³-hybridized carbons (Fsp3) is 0.368. The van der Waals surface area contributed by atoms with Gasteiger partial charge in [-0.2, -0.15) is 0 Å². The van der Waals surface area contributed by atoms with Crippen LogP contribution in [0, 0.1) is 0 Å². The first kappa shape index (κ1) is 21.3. The van der Waals surface area contributed by atoms with Gasteiger partial charge < -0.3 is 19.7 Å². The second kappa shape index (κ2) is 11.7. The van der Waals surface area contributed by atoms with Gasteiger partial charge in [-0.05, 0) is 17.7 Å². The monoisotopic (exact) mass is 367 g/mol. The van der Waals surface area contributed by atoms with E-state index < -0.39 is 6.10 Å². The number of ether oxygens (including phenoxy) is 2. The Morgan fingerprint density at radius 1 is 1.04 bits per heavy atom. The van der Waals surface area contributed by atoms with Crippen LogP contribution in [0.3, 0.4) is 0 Å². The Balaban J connectivity index is 0.00000312. The number of nitrogens with zero attached hydrogens (tertiary/aromatic N) is 1. The average molecular weight is 368 g/mol. The second-order valence-electron chi connectivity index (χ2n) is 5.59. The van der Waals surface area contributed by atoms with Gasteiger partial charge in [-0.25, -0.2) is 0 Å². The van der Waals surface area contributed by atoms with Gasteiger partial charge in [0.25, 0.3) is 0 Å². The predicted molar refractivity (Wildman–Crippen MR) is 101 cm³/mol. The third kappa shape index (κ3) is 7.75. The minimum absolute atomic E-state index is 0. The molecule has 0 amide bonds. The molecule has 0 saturated heterocycles. The third-order valence-electron chi connectivity index (χ3n) is 3.62. The summed E-state index contributed by atoms with van der Waals surface area (Å²) in [6.07, 6.45) is -0.647. The Bertz CT molecular complexity index is 597. The molecule has 2 N–H and O–H groups in total. The zero-order valence-corrected chi connectivity index (χ0v) is 15.2. The predicted octanol–water partition coefficient (Wildman–Crippen LogP) is 2.35. The van der Waals surface area contributed by atoms with Crippen molar-refractivity contribution < 1.29 is 19.7 Å². The molecule has 138 valence electrons. The molecule has 1 atom stereocenters. The first-order valence-electron chi connectivity index (χ1n) is 8.03. The minimum Gasteiger partial charge on any atom is -0.497 e. The molecule has 2 aromatic rings. The Morgan fingerprint density at radius 3 is 2.44 bits per heavy atom. The van der Waals surface area contributed by atoms with Crippen LogP contribution >= 0.6 is 12.4 Å². The van der Waals surface area contributed by atoms with Gasteiger partial charge in [0.1, 0.15) is 24.2 Å². The number of aliphatic hydroxyl groups is 2. The molecule has 0 aliphatic heterocycles. The molecule has 2 aromatic carbocycles. The summed E-state index contributed by atoms with van der Waals surface area (Å²) >= 11 is 0. The highest BCUT2D eigenvalue weighted by Gasteiger charge is 2.13. The second-order valence-corrected chi connectivity index (χ2v) is 5.59. The summed E-state index contributed by atoms with van der Waals surface area (Å²) in [4.78, 5) is 2.01. The van der Waals surface area contributed by atoms with Crippen LogP contribution in [0.1, 0.15) is 5.56 Å². The topological polar surface area (TPSA) is 62.2 Å². The Hall–Kier alpha value is -1.79. The van der Waals surface area contributed by atoms with E-state index in [9.17, 15) is 10.2 Å². The molecule has 25 heavy (non-hydrogen) atoms. The van der Waals surface area contributed by atoms with Gasteiger partial charge in [0.2, 0.25) is 0 Å². The SMILES string of the molecule is COc1cccc(OCC(O)CN(CCO)Cc2ccccc2)c1.Cl. The molecule has 5 nitrogen and oxygen atoms in total. The molecular weight excluding hydrogens is 342 g/mol. The van der Waals surface area contributed by atoms with Crippen molar-refractivity contribution in [1.29, 1.82) is 0 Å². The standard InChI is InChI=1S/C19H25NO4.ClH/c1-23-18-8-5-9-19(12-18)24-15-17(22)14-20(10-11-21)13-16-6-3-2-4-7-16;/h2-9,12,17,21-22H,10-11,13-15H2,1H3;1H. The average Bonchev–Trinajstić information content (AvgIpc) is 2.61. The number of halogens is 1. The quantitative estimate of drug-likeness (QED) is 0.675. The number of aliphatic hydroxyl groups excluding tert-OH is 2. The molecule has 0 heterocycles. The van der Waals surface area contributed by atoms with Crippen molar-refractivity contribution in [2.24, 2.45) is 0 Å². The first-order chi connectivity index (χ1) is 11.7. The van der Waals surface area contributed by atoms with Crippen LogP contribution in [0.25, 0.3) is 0 Å². The van der Waals surface area contributed by atoms with E-state index in [0.29, 0.717) is 31.1 Å². The van der Waals surface area contributed by atoms with Gasteiger partial charge >= 0.3 is 0 Å². The van der Waals surface area contributed by atoms with Gasteiger partial charge in [0.15, 0.2) is 0 Å². The van der Waals surface area contributed by atoms with Gasteiger partial charge in [0.05, 0.1) is 13.7 Å². The summed E-state index contributed by atoms with van der Waals surface area (Å²) < 4.78 is 10.8. The van der Waals surface area contributed by atoms with Crippen molar-refractivity contribution in [3.63, 3.8) is 0 Å². The molecule has 0 aliphatic carbocycles. The van der Waals surface area contributed by atoms with Crippen molar-refractivity contribution in [1.82, 2.24) is 4.90 Å². The highest BCUT2D eigenvalue weighted by Crippen LogP contribution is 2.19. The maximum Gasteiger partial charge on any atom is 0.123 e. The number of benzene rings is 2. The van der Waals surface area contributed by atoms with Crippen molar-refractivity contribution in [3.05, 3.63) is 60.2 Å². The van der Waals surface area contributed by atoms with E-state index in [1.165, 1.54) is 0 Å². The van der Waals surface area contributed by atoms with E-state index in [0.717, 1.165) is 5.56 Å². The zero-order valence-electron chi connectivity index (χ0n) is 14.4. The first-order valence-corrected chi connectivity index (χ1v) is 8.03. The van der Waals surface area contributed by atoms with Crippen LogP contribution in [0.15, 0.2) is 54.6 Å². The lowest BCUT2D eigenvalue weighted by Crippen LogP contribution is -2.37. The van der Waals surface area contributed by atoms with Crippen LogP contribution in [0.4, 0.5) is 0 Å². The van der Waals surface area contributed by atoms with Crippen molar-refractivity contribution in [2.45, 2.75) is 12.6 Å². The van der Waals surface area contributed by atoms with Gasteiger partial charge in [0, 0.05) is 25.7 Å². The van der Waals surface area contributed by atoms with Crippen molar-refractivity contribution in [2.75, 3.05) is 33.4 Å². The summed E-state index contributed by atoms with van der Waals surface area (Å²) in [7, 11) is 1.60. The molecule has 0 radical (unpaired) electrons. The van der Waals surface area contributed by atoms with Gasteiger partial charge in [-0.1, -0.05) is 36.4 Å². The van der Waals surface area contributed by atoms with Crippen LogP contribution in [-0.2, 0) is 6.54 Å². The fourth-order valence-corrected chi connectivity index (χ4v) is 2.45. The summed E-state index contributed by atoms with van der Waals surface area (Å²) in [6, 6.07) is 17.3. The summed E-state index contributed by atoms with van der Waals surface area (Å²) in [5.41, 5.74) is 1.15. The smallest absolute Gasteiger partial charge is 0.123 e. The van der Waals surface area contributed by atoms with E-state index in [-0.39, 0.29) is 25.6 Å².